The molecule has 1 aliphatic rings. The number of unbranched alkanes of at least 4 members (excludes halogenated alkanes) is 3. The summed E-state index contributed by atoms with van der Waals surface area (Å²) in [6, 6.07) is 10.3. The molecule has 1 aromatic carbocycles. The van der Waals surface area contributed by atoms with Crippen molar-refractivity contribution in [2.75, 3.05) is 31.1 Å². The van der Waals surface area contributed by atoms with Crippen molar-refractivity contribution in [1.29, 1.82) is 0 Å². The molecular weight excluding hydrogens is 356 g/mol. The van der Waals surface area contributed by atoms with Crippen LogP contribution in [0.4, 0.5) is 5.13 Å². The molecule has 0 bridgehead atoms. The number of carbonyl (C=O) groups excluding carboxylic acids is 1. The van der Waals surface area contributed by atoms with Gasteiger partial charge in [-0.15, -0.1) is 0 Å². The van der Waals surface area contributed by atoms with Crippen molar-refractivity contribution in [3.8, 4) is 0 Å². The third kappa shape index (κ3) is 6.03. The molecule has 1 saturated heterocycles. The number of carbonyl (C=O) groups is 1. The molecule has 0 aliphatic carbocycles. The van der Waals surface area contributed by atoms with Crippen molar-refractivity contribution in [2.45, 2.75) is 51.9 Å². The normalized spacial score (nSPS) is 15.0. The van der Waals surface area contributed by atoms with Gasteiger partial charge in [-0.3, -0.25) is 4.79 Å². The molecule has 2 heterocycles. The van der Waals surface area contributed by atoms with Gasteiger partial charge in [-0.2, -0.15) is 4.37 Å². The molecule has 1 amide bonds. The SMILES string of the molecule is CCCCCCC(=O)N1CCCN(c2nc(Cc3ccccc3)ns2)CC1. The number of anilines is 1. The van der Waals surface area contributed by atoms with E-state index in [1.807, 2.05) is 23.1 Å². The van der Waals surface area contributed by atoms with Crippen LogP contribution < -0.4 is 4.90 Å². The van der Waals surface area contributed by atoms with Crippen LogP contribution >= 0.6 is 11.5 Å². The lowest BCUT2D eigenvalue weighted by molar-refractivity contribution is -0.131. The zero-order valence-corrected chi connectivity index (χ0v) is 17.1. The molecule has 2 aromatic rings. The molecule has 0 N–H and O–H groups in total. The van der Waals surface area contributed by atoms with Crippen molar-refractivity contribution in [3.05, 3.63) is 41.7 Å². The fraction of sp³-hybridized carbons (Fsp3) is 0.571. The van der Waals surface area contributed by atoms with Crippen LogP contribution in [-0.2, 0) is 11.2 Å². The van der Waals surface area contributed by atoms with Gasteiger partial charge in [-0.25, -0.2) is 4.98 Å². The van der Waals surface area contributed by atoms with E-state index in [1.165, 1.54) is 29.9 Å². The molecule has 0 spiro atoms. The summed E-state index contributed by atoms with van der Waals surface area (Å²) in [6.45, 7) is 5.64. The Labute approximate surface area is 166 Å². The van der Waals surface area contributed by atoms with Gasteiger partial charge in [-0.05, 0) is 18.4 Å². The number of rotatable bonds is 8. The van der Waals surface area contributed by atoms with Crippen LogP contribution in [0.5, 0.6) is 0 Å². The molecule has 0 saturated carbocycles. The average Bonchev–Trinajstić information content (AvgIpc) is 3.00. The summed E-state index contributed by atoms with van der Waals surface area (Å²) in [5.41, 5.74) is 1.23. The van der Waals surface area contributed by atoms with E-state index in [9.17, 15) is 4.79 Å². The highest BCUT2D eigenvalue weighted by Crippen LogP contribution is 2.21. The number of aromatic nitrogens is 2. The Morgan fingerprint density at radius 2 is 1.93 bits per heavy atom. The summed E-state index contributed by atoms with van der Waals surface area (Å²) in [5.74, 6) is 1.20. The second-order valence-electron chi connectivity index (χ2n) is 7.19. The highest BCUT2D eigenvalue weighted by molar-refractivity contribution is 7.09. The highest BCUT2D eigenvalue weighted by Gasteiger charge is 2.21. The van der Waals surface area contributed by atoms with Crippen molar-refractivity contribution in [3.63, 3.8) is 0 Å². The lowest BCUT2D eigenvalue weighted by Crippen LogP contribution is -2.35. The molecule has 1 aliphatic heterocycles. The van der Waals surface area contributed by atoms with Crippen molar-refractivity contribution in [2.24, 2.45) is 0 Å². The van der Waals surface area contributed by atoms with Gasteiger partial charge in [0.1, 0.15) is 5.82 Å². The van der Waals surface area contributed by atoms with Gasteiger partial charge in [0.2, 0.25) is 11.0 Å². The van der Waals surface area contributed by atoms with E-state index in [0.29, 0.717) is 12.3 Å². The fourth-order valence-corrected chi connectivity index (χ4v) is 4.18. The van der Waals surface area contributed by atoms with Gasteiger partial charge < -0.3 is 9.80 Å². The molecule has 27 heavy (non-hydrogen) atoms. The molecule has 0 radical (unpaired) electrons. The average molecular weight is 387 g/mol. The number of nitrogens with zero attached hydrogens (tertiary/aromatic N) is 4. The van der Waals surface area contributed by atoms with Crippen LogP contribution in [0.15, 0.2) is 30.3 Å². The first-order valence-electron chi connectivity index (χ1n) is 10.2. The van der Waals surface area contributed by atoms with Crippen LogP contribution in [0.3, 0.4) is 0 Å². The van der Waals surface area contributed by atoms with E-state index < -0.39 is 0 Å². The van der Waals surface area contributed by atoms with E-state index in [0.717, 1.165) is 62.8 Å². The zero-order valence-electron chi connectivity index (χ0n) is 16.3. The first kappa shape index (κ1) is 19.8. The van der Waals surface area contributed by atoms with Crippen LogP contribution in [0.25, 0.3) is 0 Å². The lowest BCUT2D eigenvalue weighted by atomic mass is 10.1. The monoisotopic (exact) mass is 386 g/mol. The Balaban J connectivity index is 1.50. The van der Waals surface area contributed by atoms with E-state index in [1.54, 1.807) is 0 Å². The molecule has 1 fully saturated rings. The van der Waals surface area contributed by atoms with E-state index in [2.05, 4.69) is 28.3 Å². The summed E-state index contributed by atoms with van der Waals surface area (Å²) < 4.78 is 4.54. The molecule has 6 heteroatoms. The Morgan fingerprint density at radius 3 is 2.74 bits per heavy atom. The third-order valence-electron chi connectivity index (χ3n) is 5.03. The quantitative estimate of drug-likeness (QED) is 0.640. The smallest absolute Gasteiger partial charge is 0.222 e. The van der Waals surface area contributed by atoms with Crippen LogP contribution in [-0.4, -0.2) is 46.3 Å². The van der Waals surface area contributed by atoms with Gasteiger partial charge >= 0.3 is 0 Å². The van der Waals surface area contributed by atoms with Crippen molar-refractivity contribution >= 4 is 22.6 Å². The van der Waals surface area contributed by atoms with Gasteiger partial charge in [0.05, 0.1) is 0 Å². The molecule has 0 atom stereocenters. The summed E-state index contributed by atoms with van der Waals surface area (Å²) in [6.07, 6.45) is 7.08. The summed E-state index contributed by atoms with van der Waals surface area (Å²) >= 11 is 1.47. The minimum Gasteiger partial charge on any atom is -0.345 e. The Bertz CT molecular complexity index is 703. The van der Waals surface area contributed by atoms with Crippen LogP contribution in [0, 0.1) is 0 Å². The second-order valence-corrected chi connectivity index (χ2v) is 7.92. The molecule has 3 rings (SSSR count). The standard InChI is InChI=1S/C21H30N4OS/c1-2-3-4-8-12-20(26)24-13-9-14-25(16-15-24)21-22-19(23-27-21)17-18-10-6-5-7-11-18/h5-7,10-11H,2-4,8-9,12-17H2,1H3. The maximum absolute atomic E-state index is 12.4. The number of hydrogen-bond acceptors (Lipinski definition) is 5. The Hall–Kier alpha value is -1.95. The maximum Gasteiger partial charge on any atom is 0.222 e. The van der Waals surface area contributed by atoms with E-state index >= 15 is 0 Å². The maximum atomic E-state index is 12.4. The van der Waals surface area contributed by atoms with Crippen LogP contribution in [0.2, 0.25) is 0 Å². The predicted octanol–water partition coefficient (Wildman–Crippen LogP) is 4.14. The molecular formula is C21H30N4OS. The first-order chi connectivity index (χ1) is 13.3. The van der Waals surface area contributed by atoms with Gasteiger partial charge in [0.15, 0.2) is 0 Å². The summed E-state index contributed by atoms with van der Waals surface area (Å²) in [4.78, 5) is 21.5. The minimum atomic E-state index is 0.315. The third-order valence-corrected chi connectivity index (χ3v) is 5.84. The Kier molecular flexibility index (Phi) is 7.63. The molecule has 146 valence electrons. The molecule has 1 aromatic heterocycles. The topological polar surface area (TPSA) is 49.3 Å². The summed E-state index contributed by atoms with van der Waals surface area (Å²) in [7, 11) is 0. The fourth-order valence-electron chi connectivity index (χ4n) is 3.44. The minimum absolute atomic E-state index is 0.315. The summed E-state index contributed by atoms with van der Waals surface area (Å²) in [5, 5.41) is 0.984. The number of amides is 1. The Morgan fingerprint density at radius 1 is 1.07 bits per heavy atom. The van der Waals surface area contributed by atoms with Crippen molar-refractivity contribution < 1.29 is 4.79 Å². The van der Waals surface area contributed by atoms with Gasteiger partial charge in [0, 0.05) is 50.6 Å². The van der Waals surface area contributed by atoms with Gasteiger partial charge in [-0.1, -0.05) is 56.5 Å². The molecule has 5 nitrogen and oxygen atoms in total. The van der Waals surface area contributed by atoms with E-state index in [-0.39, 0.29) is 0 Å². The highest BCUT2D eigenvalue weighted by atomic mass is 32.1. The first-order valence-corrected chi connectivity index (χ1v) is 10.9. The second kappa shape index (κ2) is 10.4. The molecule has 0 unspecified atom stereocenters. The van der Waals surface area contributed by atoms with E-state index in [4.69, 9.17) is 4.98 Å². The largest absolute Gasteiger partial charge is 0.345 e. The van der Waals surface area contributed by atoms with Crippen LogP contribution in [0.1, 0.15) is 56.8 Å². The lowest BCUT2D eigenvalue weighted by Gasteiger charge is -2.21. The number of hydrogen-bond donors (Lipinski definition) is 0. The zero-order chi connectivity index (χ0) is 18.9. The van der Waals surface area contributed by atoms with Crippen molar-refractivity contribution in [1.82, 2.24) is 14.3 Å². The predicted molar refractivity (Wildman–Crippen MR) is 111 cm³/mol. The number of benzene rings is 1. The van der Waals surface area contributed by atoms with Gasteiger partial charge in [0.25, 0.3) is 0 Å².